The third-order valence-corrected chi connectivity index (χ3v) is 5.60. The average molecular weight is 399 g/mol. The molecule has 0 unspecified atom stereocenters. The number of amides is 3. The van der Waals surface area contributed by atoms with Crippen LogP contribution in [0.5, 0.6) is 5.75 Å². The lowest BCUT2D eigenvalue weighted by atomic mass is 9.92. The first-order valence-corrected chi connectivity index (χ1v) is 9.33. The fourth-order valence-corrected chi connectivity index (χ4v) is 4.29. The first-order chi connectivity index (χ1) is 14.5. The lowest BCUT2D eigenvalue weighted by Gasteiger charge is -2.12. The summed E-state index contributed by atoms with van der Waals surface area (Å²) < 4.78 is 7.48. The van der Waals surface area contributed by atoms with Crippen LogP contribution in [0.3, 0.4) is 0 Å². The number of fused-ring (bicyclic) bond motifs is 5. The van der Waals surface area contributed by atoms with Crippen LogP contribution in [0.1, 0.15) is 20.7 Å². The summed E-state index contributed by atoms with van der Waals surface area (Å²) in [6.07, 6.45) is 0.604. The van der Waals surface area contributed by atoms with Crippen molar-refractivity contribution in [3.8, 4) is 16.9 Å². The summed E-state index contributed by atoms with van der Waals surface area (Å²) in [6, 6.07) is 14.8. The fraction of sp³-hybridized carbons (Fsp3) is 0.0870. The number of methoxy groups -OCH3 is 1. The van der Waals surface area contributed by atoms with E-state index >= 15 is 0 Å². The third-order valence-electron chi connectivity index (χ3n) is 5.60. The van der Waals surface area contributed by atoms with Crippen LogP contribution in [0, 0.1) is 0 Å². The van der Waals surface area contributed by atoms with E-state index in [0.29, 0.717) is 39.9 Å². The number of carbonyl (C=O) groups excluding carboxylic acids is 3. The zero-order valence-electron chi connectivity index (χ0n) is 16.3. The molecule has 0 aliphatic carbocycles. The average Bonchev–Trinajstić information content (AvgIpc) is 3.21. The Kier molecular flexibility index (Phi) is 3.86. The number of aromatic nitrogens is 1. The number of benzene rings is 3. The van der Waals surface area contributed by atoms with Gasteiger partial charge in [0.25, 0.3) is 11.8 Å². The Morgan fingerprint density at radius 3 is 2.50 bits per heavy atom. The molecule has 3 aromatic carbocycles. The van der Waals surface area contributed by atoms with Crippen LogP contribution >= 0.6 is 0 Å². The highest BCUT2D eigenvalue weighted by atomic mass is 16.5. The number of anilines is 1. The van der Waals surface area contributed by atoms with Gasteiger partial charge in [-0.3, -0.25) is 19.7 Å². The van der Waals surface area contributed by atoms with Gasteiger partial charge in [0.1, 0.15) is 5.75 Å². The zero-order chi connectivity index (χ0) is 21.0. The largest absolute Gasteiger partial charge is 0.496 e. The molecule has 7 nitrogen and oxygen atoms in total. The molecule has 0 fully saturated rings. The summed E-state index contributed by atoms with van der Waals surface area (Å²) in [7, 11) is 3.48. The molecule has 0 radical (unpaired) electrons. The van der Waals surface area contributed by atoms with E-state index in [1.165, 1.54) is 0 Å². The molecular formula is C23H17N3O4. The molecule has 0 bridgehead atoms. The SMILES string of the molecule is COc1ccccc1-c1cc2c(c3c1C(=O)NC3=O)c1cc(NC=O)ccc1n2C. The third kappa shape index (κ3) is 2.35. The Labute approximate surface area is 171 Å². The molecule has 1 aliphatic rings. The second-order valence-electron chi connectivity index (χ2n) is 7.10. The van der Waals surface area contributed by atoms with Crippen molar-refractivity contribution < 1.29 is 19.1 Å². The normalized spacial score (nSPS) is 12.9. The summed E-state index contributed by atoms with van der Waals surface area (Å²) in [5.74, 6) is -0.252. The smallest absolute Gasteiger partial charge is 0.259 e. The number of aryl methyl sites for hydroxylation is 1. The van der Waals surface area contributed by atoms with E-state index in [0.717, 1.165) is 22.0 Å². The summed E-state index contributed by atoms with van der Waals surface area (Å²) in [5.41, 5.74) is 4.33. The molecule has 4 aromatic rings. The van der Waals surface area contributed by atoms with Crippen molar-refractivity contribution in [1.82, 2.24) is 9.88 Å². The van der Waals surface area contributed by atoms with Crippen molar-refractivity contribution >= 4 is 45.7 Å². The number of carbonyl (C=O) groups is 3. The summed E-state index contributed by atoms with van der Waals surface area (Å²) in [6.45, 7) is 0. The second-order valence-corrected chi connectivity index (χ2v) is 7.10. The highest BCUT2D eigenvalue weighted by molar-refractivity contribution is 6.32. The molecule has 148 valence electrons. The van der Waals surface area contributed by atoms with Crippen LogP contribution in [0.2, 0.25) is 0 Å². The van der Waals surface area contributed by atoms with Gasteiger partial charge < -0.3 is 14.6 Å². The number of ether oxygens (including phenoxy) is 1. The minimum Gasteiger partial charge on any atom is -0.496 e. The highest BCUT2D eigenvalue weighted by Crippen LogP contribution is 2.42. The number of para-hydroxylation sites is 1. The fourth-order valence-electron chi connectivity index (χ4n) is 4.29. The molecule has 1 aromatic heterocycles. The number of imide groups is 1. The summed E-state index contributed by atoms with van der Waals surface area (Å²) in [5, 5.41) is 6.54. The maximum absolute atomic E-state index is 12.8. The first-order valence-electron chi connectivity index (χ1n) is 9.33. The lowest BCUT2D eigenvalue weighted by molar-refractivity contribution is -0.105. The highest BCUT2D eigenvalue weighted by Gasteiger charge is 2.34. The van der Waals surface area contributed by atoms with Gasteiger partial charge >= 0.3 is 0 Å². The van der Waals surface area contributed by atoms with E-state index in [-0.39, 0.29) is 0 Å². The second kappa shape index (κ2) is 6.45. The van der Waals surface area contributed by atoms with Crippen LogP contribution in [0.4, 0.5) is 5.69 Å². The van der Waals surface area contributed by atoms with Crippen molar-refractivity contribution in [3.05, 3.63) is 59.7 Å². The Morgan fingerprint density at radius 1 is 0.967 bits per heavy atom. The zero-order valence-corrected chi connectivity index (χ0v) is 16.3. The van der Waals surface area contributed by atoms with Gasteiger partial charge in [-0.2, -0.15) is 0 Å². The van der Waals surface area contributed by atoms with Crippen LogP contribution in [-0.4, -0.2) is 29.9 Å². The van der Waals surface area contributed by atoms with Crippen LogP contribution in [0.25, 0.3) is 32.9 Å². The van der Waals surface area contributed by atoms with Crippen LogP contribution in [0.15, 0.2) is 48.5 Å². The van der Waals surface area contributed by atoms with Crippen molar-refractivity contribution in [2.75, 3.05) is 12.4 Å². The van der Waals surface area contributed by atoms with E-state index in [1.807, 2.05) is 54.1 Å². The van der Waals surface area contributed by atoms with E-state index in [4.69, 9.17) is 4.74 Å². The molecule has 7 heteroatoms. The van der Waals surface area contributed by atoms with Crippen LogP contribution in [-0.2, 0) is 11.8 Å². The van der Waals surface area contributed by atoms with Crippen molar-refractivity contribution in [2.24, 2.45) is 7.05 Å². The molecule has 2 heterocycles. The van der Waals surface area contributed by atoms with Gasteiger partial charge in [0.05, 0.1) is 23.8 Å². The minimum absolute atomic E-state index is 0.332. The van der Waals surface area contributed by atoms with E-state index < -0.39 is 11.8 Å². The monoisotopic (exact) mass is 399 g/mol. The maximum Gasteiger partial charge on any atom is 0.259 e. The van der Waals surface area contributed by atoms with Gasteiger partial charge in [0.2, 0.25) is 6.41 Å². The first kappa shape index (κ1) is 17.9. The molecular weight excluding hydrogens is 382 g/mol. The van der Waals surface area contributed by atoms with Crippen LogP contribution < -0.4 is 15.4 Å². The number of hydrogen-bond acceptors (Lipinski definition) is 4. The number of hydrogen-bond donors (Lipinski definition) is 2. The van der Waals surface area contributed by atoms with Gasteiger partial charge in [0, 0.05) is 40.2 Å². The van der Waals surface area contributed by atoms with Gasteiger partial charge in [0.15, 0.2) is 0 Å². The Morgan fingerprint density at radius 2 is 1.73 bits per heavy atom. The molecule has 30 heavy (non-hydrogen) atoms. The Balaban J connectivity index is 1.96. The van der Waals surface area contributed by atoms with Crippen molar-refractivity contribution in [1.29, 1.82) is 0 Å². The Hall–Kier alpha value is -4.13. The molecule has 0 spiro atoms. The van der Waals surface area contributed by atoms with Gasteiger partial charge in [-0.25, -0.2) is 0 Å². The van der Waals surface area contributed by atoms with Gasteiger partial charge in [-0.15, -0.1) is 0 Å². The van der Waals surface area contributed by atoms with E-state index in [1.54, 1.807) is 13.2 Å². The number of nitrogens with one attached hydrogen (secondary N) is 2. The topological polar surface area (TPSA) is 89.4 Å². The number of rotatable bonds is 4. The van der Waals surface area contributed by atoms with Crippen molar-refractivity contribution in [2.45, 2.75) is 0 Å². The molecule has 1 aliphatic heterocycles. The molecule has 5 rings (SSSR count). The maximum atomic E-state index is 12.8. The van der Waals surface area contributed by atoms with Gasteiger partial charge in [-0.1, -0.05) is 18.2 Å². The summed E-state index contributed by atoms with van der Waals surface area (Å²) in [4.78, 5) is 36.5. The molecule has 0 saturated carbocycles. The van der Waals surface area contributed by atoms with Crippen molar-refractivity contribution in [3.63, 3.8) is 0 Å². The lowest BCUT2D eigenvalue weighted by Crippen LogP contribution is -2.20. The molecule has 0 saturated heterocycles. The Bertz CT molecular complexity index is 1400. The molecule has 2 N–H and O–H groups in total. The summed E-state index contributed by atoms with van der Waals surface area (Å²) >= 11 is 0. The molecule has 0 atom stereocenters. The van der Waals surface area contributed by atoms with Gasteiger partial charge in [-0.05, 0) is 30.3 Å². The quantitative estimate of drug-likeness (QED) is 0.406. The minimum atomic E-state index is -0.433. The van der Waals surface area contributed by atoms with E-state index in [9.17, 15) is 14.4 Å². The number of nitrogens with zero attached hydrogens (tertiary/aromatic N) is 1. The van der Waals surface area contributed by atoms with E-state index in [2.05, 4.69) is 10.6 Å². The molecule has 3 amide bonds. The predicted octanol–water partition coefficient (Wildman–Crippen LogP) is 3.46. The standard InChI is InChI=1S/C23H17N3O4/c1-26-16-8-7-12(24-11-27)9-15(16)19-17(26)10-14(13-5-3-4-6-18(13)30-2)20-21(19)23(29)25-22(20)28/h3-11H,1-2H3,(H,24,27)(H,25,28,29). The predicted molar refractivity (Wildman–Crippen MR) is 114 cm³/mol.